The van der Waals surface area contributed by atoms with Crippen molar-refractivity contribution in [2.75, 3.05) is 12.3 Å². The summed E-state index contributed by atoms with van der Waals surface area (Å²) in [7, 11) is 0. The van der Waals surface area contributed by atoms with Gasteiger partial charge >= 0.3 is 0 Å². The van der Waals surface area contributed by atoms with Crippen LogP contribution in [0, 0.1) is 0 Å². The topological polar surface area (TPSA) is 160 Å². The van der Waals surface area contributed by atoms with Crippen molar-refractivity contribution in [2.24, 2.45) is 0 Å². The molecule has 1 fully saturated rings. The number of thioether (sulfide) groups is 1. The van der Waals surface area contributed by atoms with Crippen molar-refractivity contribution in [3.63, 3.8) is 0 Å². The molecule has 4 rings (SSSR count). The number of rotatable bonds is 5. The highest BCUT2D eigenvalue weighted by atomic mass is 79.9. The lowest BCUT2D eigenvalue weighted by atomic mass is 10.1. The molecule has 2 aromatic heterocycles. The van der Waals surface area contributed by atoms with Crippen LogP contribution in [0.5, 0.6) is 0 Å². The lowest BCUT2D eigenvalue weighted by molar-refractivity contribution is -0.0548. The van der Waals surface area contributed by atoms with Crippen molar-refractivity contribution in [3.05, 3.63) is 44.7 Å². The maximum Gasteiger partial charge on any atom is 0.280 e. The molecule has 154 valence electrons. The van der Waals surface area contributed by atoms with Gasteiger partial charge in [0.15, 0.2) is 22.5 Å². The van der Waals surface area contributed by atoms with Crippen LogP contribution in [0.4, 0.5) is 5.95 Å². The summed E-state index contributed by atoms with van der Waals surface area (Å²) in [6.45, 7) is -0.475. The monoisotopic (exact) mass is 483 g/mol. The normalized spacial score (nSPS) is 24.4. The summed E-state index contributed by atoms with van der Waals surface area (Å²) in [5.41, 5.74) is 6.31. The molecule has 0 spiro atoms. The molecule has 1 aromatic carbocycles. The summed E-state index contributed by atoms with van der Waals surface area (Å²) in [6, 6.07) is 7.67. The highest BCUT2D eigenvalue weighted by Gasteiger charge is 2.45. The van der Waals surface area contributed by atoms with Crippen LogP contribution in [-0.2, 0) is 10.5 Å². The first-order chi connectivity index (χ1) is 13.9. The second-order valence-corrected chi connectivity index (χ2v) is 8.29. The first-order valence-electron chi connectivity index (χ1n) is 8.67. The number of aromatic nitrogens is 4. The molecular weight excluding hydrogens is 466 g/mol. The number of benzene rings is 1. The van der Waals surface area contributed by atoms with E-state index in [1.165, 1.54) is 16.3 Å². The van der Waals surface area contributed by atoms with Crippen LogP contribution >= 0.6 is 27.7 Å². The summed E-state index contributed by atoms with van der Waals surface area (Å²) in [5.74, 6) is 0.394. The van der Waals surface area contributed by atoms with Crippen LogP contribution in [-0.4, -0.2) is 59.8 Å². The van der Waals surface area contributed by atoms with E-state index < -0.39 is 36.7 Å². The third-order valence-electron chi connectivity index (χ3n) is 4.62. The van der Waals surface area contributed by atoms with E-state index in [4.69, 9.17) is 10.5 Å². The van der Waals surface area contributed by atoms with E-state index in [9.17, 15) is 20.1 Å². The fourth-order valence-corrected chi connectivity index (χ4v) is 4.80. The standard InChI is InChI=1S/C17H18BrN5O5S/c18-8-4-2-1-3-7(8)6-29-17-20-10-13(21-16(19)22-14(10)27)23(17)15-12(26)11(25)9(5-24)28-15/h1-4,9,11-12,15,24-26H,5-6H2,(H3,19,21,22,27)/t9-,11+,12-,15-/m1/s1. The number of H-pyrrole nitrogens is 1. The summed E-state index contributed by atoms with van der Waals surface area (Å²) in [5, 5.41) is 30.4. The molecule has 1 aliphatic heterocycles. The maximum atomic E-state index is 12.3. The lowest BCUT2D eigenvalue weighted by Gasteiger charge is -2.19. The van der Waals surface area contributed by atoms with Gasteiger partial charge in [0, 0.05) is 10.2 Å². The third-order valence-corrected chi connectivity index (χ3v) is 6.40. The minimum atomic E-state index is -1.35. The molecule has 3 aromatic rings. The summed E-state index contributed by atoms with van der Waals surface area (Å²) in [6.07, 6.45) is -4.73. The number of hydrogen-bond donors (Lipinski definition) is 5. The quantitative estimate of drug-likeness (QED) is 0.323. The number of ether oxygens (including phenoxy) is 1. The lowest BCUT2D eigenvalue weighted by Crippen LogP contribution is -2.33. The maximum absolute atomic E-state index is 12.3. The van der Waals surface area contributed by atoms with Gasteiger partial charge < -0.3 is 25.8 Å². The molecular formula is C17H18BrN5O5S. The number of aromatic amines is 1. The van der Waals surface area contributed by atoms with Crippen molar-refractivity contribution < 1.29 is 20.1 Å². The Morgan fingerprint density at radius 1 is 1.28 bits per heavy atom. The molecule has 6 N–H and O–H groups in total. The number of nitrogens with two attached hydrogens (primary N) is 1. The fourth-order valence-electron chi connectivity index (χ4n) is 3.16. The molecule has 0 radical (unpaired) electrons. The van der Waals surface area contributed by atoms with Gasteiger partial charge in [-0.25, -0.2) is 4.98 Å². The van der Waals surface area contributed by atoms with Gasteiger partial charge in [-0.1, -0.05) is 45.9 Å². The second-order valence-electron chi connectivity index (χ2n) is 6.50. The van der Waals surface area contributed by atoms with Crippen molar-refractivity contribution in [1.29, 1.82) is 0 Å². The molecule has 4 atom stereocenters. The number of fused-ring (bicyclic) bond motifs is 1. The van der Waals surface area contributed by atoms with Gasteiger partial charge in [-0.2, -0.15) is 4.98 Å². The molecule has 12 heteroatoms. The van der Waals surface area contributed by atoms with Crippen LogP contribution in [0.1, 0.15) is 11.8 Å². The third kappa shape index (κ3) is 3.67. The Balaban J connectivity index is 1.79. The van der Waals surface area contributed by atoms with Gasteiger partial charge in [0.05, 0.1) is 6.61 Å². The van der Waals surface area contributed by atoms with Gasteiger partial charge in [0.25, 0.3) is 5.56 Å². The smallest absolute Gasteiger partial charge is 0.280 e. The predicted octanol–water partition coefficient (Wildman–Crippen LogP) is 0.368. The Morgan fingerprint density at radius 2 is 2.03 bits per heavy atom. The number of imidazole rings is 1. The predicted molar refractivity (Wildman–Crippen MR) is 109 cm³/mol. The van der Waals surface area contributed by atoms with Crippen molar-refractivity contribution in [3.8, 4) is 0 Å². The first-order valence-corrected chi connectivity index (χ1v) is 10.4. The Morgan fingerprint density at radius 3 is 2.72 bits per heavy atom. The van der Waals surface area contributed by atoms with Gasteiger partial charge in [0.1, 0.15) is 18.3 Å². The zero-order valence-electron chi connectivity index (χ0n) is 14.9. The largest absolute Gasteiger partial charge is 0.394 e. The Bertz CT molecular complexity index is 1110. The summed E-state index contributed by atoms with van der Waals surface area (Å²) >= 11 is 4.80. The molecule has 0 unspecified atom stereocenters. The van der Waals surface area contributed by atoms with Gasteiger partial charge in [-0.05, 0) is 11.6 Å². The molecule has 29 heavy (non-hydrogen) atoms. The number of nitrogens with zero attached hydrogens (tertiary/aromatic N) is 3. The minimum Gasteiger partial charge on any atom is -0.394 e. The molecule has 1 aliphatic rings. The second kappa shape index (κ2) is 8.05. The van der Waals surface area contributed by atoms with Gasteiger partial charge in [0.2, 0.25) is 5.95 Å². The number of hydrogen-bond acceptors (Lipinski definition) is 9. The van der Waals surface area contributed by atoms with Crippen LogP contribution < -0.4 is 11.3 Å². The van der Waals surface area contributed by atoms with Gasteiger partial charge in [-0.3, -0.25) is 14.3 Å². The number of nitrogens with one attached hydrogen (secondary N) is 1. The highest BCUT2D eigenvalue weighted by Crippen LogP contribution is 2.36. The molecule has 0 bridgehead atoms. The average Bonchev–Trinajstić information content (AvgIpc) is 3.19. The minimum absolute atomic E-state index is 0.0339. The summed E-state index contributed by atoms with van der Waals surface area (Å²) in [4.78, 5) is 23.2. The number of anilines is 1. The van der Waals surface area contributed by atoms with E-state index in [2.05, 4.69) is 30.9 Å². The van der Waals surface area contributed by atoms with Crippen LogP contribution in [0.2, 0.25) is 0 Å². The molecule has 3 heterocycles. The fraction of sp³-hybridized carbons (Fsp3) is 0.353. The molecule has 1 saturated heterocycles. The van der Waals surface area contributed by atoms with Crippen LogP contribution in [0.25, 0.3) is 11.2 Å². The van der Waals surface area contributed by atoms with E-state index in [0.717, 1.165) is 10.0 Å². The van der Waals surface area contributed by atoms with E-state index in [-0.39, 0.29) is 17.1 Å². The van der Waals surface area contributed by atoms with Crippen LogP contribution in [0.15, 0.2) is 38.7 Å². The van der Waals surface area contributed by atoms with Crippen LogP contribution in [0.3, 0.4) is 0 Å². The summed E-state index contributed by atoms with van der Waals surface area (Å²) < 4.78 is 8.00. The van der Waals surface area contributed by atoms with Gasteiger partial charge in [-0.15, -0.1) is 0 Å². The Hall–Kier alpha value is -1.96. The van der Waals surface area contributed by atoms with E-state index in [1.54, 1.807) is 0 Å². The first kappa shape index (κ1) is 20.3. The number of halogens is 1. The zero-order valence-corrected chi connectivity index (χ0v) is 17.3. The zero-order chi connectivity index (χ0) is 20.7. The molecule has 10 nitrogen and oxygen atoms in total. The highest BCUT2D eigenvalue weighted by molar-refractivity contribution is 9.10. The molecule has 0 aliphatic carbocycles. The van der Waals surface area contributed by atoms with Crippen molar-refractivity contribution in [1.82, 2.24) is 19.5 Å². The van der Waals surface area contributed by atoms with E-state index in [1.807, 2.05) is 24.3 Å². The molecule has 0 amide bonds. The number of nitrogen functional groups attached to an aromatic ring is 1. The Kier molecular flexibility index (Phi) is 5.64. The molecule has 0 saturated carbocycles. The average molecular weight is 484 g/mol. The Labute approximate surface area is 176 Å². The van der Waals surface area contributed by atoms with E-state index in [0.29, 0.717) is 10.9 Å². The number of aliphatic hydroxyl groups is 3. The van der Waals surface area contributed by atoms with Crippen molar-refractivity contribution >= 4 is 44.8 Å². The van der Waals surface area contributed by atoms with E-state index >= 15 is 0 Å². The van der Waals surface area contributed by atoms with Crippen molar-refractivity contribution in [2.45, 2.75) is 35.4 Å². The number of aliphatic hydroxyl groups excluding tert-OH is 3. The SMILES string of the molecule is Nc1nc2c(nc(SCc3ccccc3Br)n2[C@@H]2O[C@H](CO)[C@H](O)[C@H]2O)c(=O)[nH]1.